The minimum Gasteiger partial charge on any atom is -0.481 e. The zero-order valence-corrected chi connectivity index (χ0v) is 9.35. The van der Waals surface area contributed by atoms with Crippen LogP contribution in [-0.2, 0) is 11.2 Å². The first-order chi connectivity index (χ1) is 6.70. The third-order valence-electron chi connectivity index (χ3n) is 2.13. The average molecular weight is 256 g/mol. The Balaban J connectivity index is 2.51. The second-order valence-electron chi connectivity index (χ2n) is 3.13. The molecule has 1 N–H and O–H groups in total. The molecule has 1 aliphatic rings. The Kier molecular flexibility index (Phi) is 2.46. The summed E-state index contributed by atoms with van der Waals surface area (Å²) in [5.74, 6) is 0.702. The van der Waals surface area contributed by atoms with Gasteiger partial charge in [-0.05, 0) is 24.1 Å². The van der Waals surface area contributed by atoms with Gasteiger partial charge in [0.05, 0.1) is 5.69 Å². The van der Waals surface area contributed by atoms with E-state index in [1.54, 1.807) is 0 Å². The van der Waals surface area contributed by atoms with Gasteiger partial charge < -0.3 is 10.1 Å². The lowest BCUT2D eigenvalue weighted by atomic mass is 10.1. The number of nitrogens with one attached hydrogen (secondary N) is 1. The summed E-state index contributed by atoms with van der Waals surface area (Å²) >= 11 is 3.40. The number of carbonyl (C=O) groups is 1. The van der Waals surface area contributed by atoms with Crippen LogP contribution in [0, 0.1) is 0 Å². The lowest BCUT2D eigenvalue weighted by molar-refractivity contribution is -0.118. The average Bonchev–Trinajstić information content (AvgIpc) is 2.15. The van der Waals surface area contributed by atoms with Crippen LogP contribution in [-0.4, -0.2) is 12.5 Å². The van der Waals surface area contributed by atoms with Crippen molar-refractivity contribution in [3.8, 4) is 5.75 Å². The van der Waals surface area contributed by atoms with Gasteiger partial charge in [-0.2, -0.15) is 0 Å². The van der Waals surface area contributed by atoms with Crippen LogP contribution in [0.1, 0.15) is 12.5 Å². The van der Waals surface area contributed by atoms with Crippen molar-refractivity contribution in [3.63, 3.8) is 0 Å². The molecule has 3 nitrogen and oxygen atoms in total. The van der Waals surface area contributed by atoms with Crippen molar-refractivity contribution in [1.82, 2.24) is 0 Å². The molecule has 1 amide bonds. The smallest absolute Gasteiger partial charge is 0.262 e. The predicted octanol–water partition coefficient (Wildman–Crippen LogP) is 2.34. The Morgan fingerprint density at radius 1 is 1.57 bits per heavy atom. The second kappa shape index (κ2) is 3.61. The van der Waals surface area contributed by atoms with Gasteiger partial charge >= 0.3 is 0 Å². The molecule has 0 saturated heterocycles. The monoisotopic (exact) mass is 255 g/mol. The zero-order chi connectivity index (χ0) is 10.1. The molecule has 0 aromatic heterocycles. The highest BCUT2D eigenvalue weighted by molar-refractivity contribution is 9.10. The third-order valence-corrected chi connectivity index (χ3v) is 2.59. The van der Waals surface area contributed by atoms with Gasteiger partial charge in [-0.3, -0.25) is 4.79 Å². The van der Waals surface area contributed by atoms with Gasteiger partial charge in [0.1, 0.15) is 5.75 Å². The highest BCUT2D eigenvalue weighted by Crippen LogP contribution is 2.35. The molecule has 0 radical (unpaired) electrons. The topological polar surface area (TPSA) is 38.3 Å². The van der Waals surface area contributed by atoms with E-state index in [1.165, 1.54) is 0 Å². The van der Waals surface area contributed by atoms with E-state index < -0.39 is 0 Å². The fourth-order valence-electron chi connectivity index (χ4n) is 1.50. The maximum absolute atomic E-state index is 11.1. The van der Waals surface area contributed by atoms with E-state index in [0.29, 0.717) is 0 Å². The van der Waals surface area contributed by atoms with Gasteiger partial charge in [0.2, 0.25) is 0 Å². The molecular weight excluding hydrogens is 246 g/mol. The summed E-state index contributed by atoms with van der Waals surface area (Å²) in [6, 6.07) is 3.86. The molecule has 0 spiro atoms. The van der Waals surface area contributed by atoms with Gasteiger partial charge in [0.15, 0.2) is 6.61 Å². The molecule has 0 unspecified atom stereocenters. The Bertz CT molecular complexity index is 390. The van der Waals surface area contributed by atoms with Crippen molar-refractivity contribution in [2.45, 2.75) is 13.3 Å². The highest BCUT2D eigenvalue weighted by Gasteiger charge is 2.18. The summed E-state index contributed by atoms with van der Waals surface area (Å²) < 4.78 is 6.34. The second-order valence-corrected chi connectivity index (χ2v) is 4.05. The Morgan fingerprint density at radius 3 is 3.07 bits per heavy atom. The largest absolute Gasteiger partial charge is 0.481 e. The number of halogens is 1. The van der Waals surface area contributed by atoms with Crippen LogP contribution in [0.15, 0.2) is 16.6 Å². The molecule has 1 aliphatic heterocycles. The molecule has 14 heavy (non-hydrogen) atoms. The molecule has 0 bridgehead atoms. The molecule has 1 aromatic carbocycles. The number of amides is 1. The molecule has 0 aliphatic carbocycles. The van der Waals surface area contributed by atoms with Crippen LogP contribution in [0.3, 0.4) is 0 Å². The molecule has 4 heteroatoms. The molecular formula is C10H10BrNO2. The first-order valence-corrected chi connectivity index (χ1v) is 5.25. The van der Waals surface area contributed by atoms with Crippen molar-refractivity contribution in [2.75, 3.05) is 11.9 Å². The van der Waals surface area contributed by atoms with Crippen LogP contribution in [0.4, 0.5) is 5.69 Å². The maximum Gasteiger partial charge on any atom is 0.262 e. The Hall–Kier alpha value is -1.03. The predicted molar refractivity (Wildman–Crippen MR) is 57.6 cm³/mol. The minimum absolute atomic E-state index is 0.0994. The van der Waals surface area contributed by atoms with Crippen LogP contribution >= 0.6 is 15.9 Å². The summed E-state index contributed by atoms with van der Waals surface area (Å²) in [4.78, 5) is 11.1. The fourth-order valence-corrected chi connectivity index (χ4v) is 2.01. The normalized spacial score (nSPS) is 14.3. The molecule has 0 atom stereocenters. The number of carbonyl (C=O) groups excluding carboxylic acids is 1. The lowest BCUT2D eigenvalue weighted by Crippen LogP contribution is -2.26. The molecule has 1 heterocycles. The number of ether oxygens (including phenoxy) is 1. The molecule has 1 aromatic rings. The standard InChI is InChI=1S/C10H10BrNO2/c1-2-6-3-7(11)4-8-10(6)14-5-9(13)12-8/h3-4H,2,5H2,1H3,(H,12,13). The third kappa shape index (κ3) is 1.62. The van der Waals surface area contributed by atoms with Crippen LogP contribution < -0.4 is 10.1 Å². The van der Waals surface area contributed by atoms with Gasteiger partial charge in [-0.15, -0.1) is 0 Å². The van der Waals surface area contributed by atoms with Crippen LogP contribution in [0.5, 0.6) is 5.75 Å². The van der Waals surface area contributed by atoms with Crippen molar-refractivity contribution in [1.29, 1.82) is 0 Å². The zero-order valence-electron chi connectivity index (χ0n) is 7.76. The molecule has 0 fully saturated rings. The quantitative estimate of drug-likeness (QED) is 0.837. The fraction of sp³-hybridized carbons (Fsp3) is 0.300. The maximum atomic E-state index is 11.1. The van der Waals surface area contributed by atoms with E-state index >= 15 is 0 Å². The van der Waals surface area contributed by atoms with Crippen LogP contribution in [0.25, 0.3) is 0 Å². The number of hydrogen-bond acceptors (Lipinski definition) is 2. The molecule has 0 saturated carbocycles. The number of hydrogen-bond donors (Lipinski definition) is 1. The van der Waals surface area contributed by atoms with Crippen molar-refractivity contribution >= 4 is 27.5 Å². The first kappa shape index (κ1) is 9.52. The van der Waals surface area contributed by atoms with E-state index in [9.17, 15) is 4.79 Å². The van der Waals surface area contributed by atoms with E-state index in [2.05, 4.69) is 28.2 Å². The molecule has 74 valence electrons. The van der Waals surface area contributed by atoms with Gasteiger partial charge in [0.25, 0.3) is 5.91 Å². The summed E-state index contributed by atoms with van der Waals surface area (Å²) in [7, 11) is 0. The van der Waals surface area contributed by atoms with E-state index in [4.69, 9.17) is 4.74 Å². The summed E-state index contributed by atoms with van der Waals surface area (Å²) in [6.45, 7) is 2.17. The SMILES string of the molecule is CCc1cc(Br)cc2c1OCC(=O)N2. The van der Waals surface area contributed by atoms with Crippen LogP contribution in [0.2, 0.25) is 0 Å². The number of anilines is 1. The van der Waals surface area contributed by atoms with Crippen molar-refractivity contribution in [2.24, 2.45) is 0 Å². The Labute approximate surface area is 90.6 Å². The summed E-state index contributed by atoms with van der Waals surface area (Å²) in [5.41, 5.74) is 1.86. The van der Waals surface area contributed by atoms with Gasteiger partial charge in [-0.25, -0.2) is 0 Å². The van der Waals surface area contributed by atoms with Crippen molar-refractivity contribution < 1.29 is 9.53 Å². The van der Waals surface area contributed by atoms with Gasteiger partial charge in [-0.1, -0.05) is 22.9 Å². The van der Waals surface area contributed by atoms with Gasteiger partial charge in [0, 0.05) is 4.47 Å². The van der Waals surface area contributed by atoms with E-state index in [-0.39, 0.29) is 12.5 Å². The Morgan fingerprint density at radius 2 is 2.36 bits per heavy atom. The summed E-state index contributed by atoms with van der Waals surface area (Å²) in [5, 5.41) is 2.78. The number of aryl methyl sites for hydroxylation is 1. The minimum atomic E-state index is -0.0994. The number of benzene rings is 1. The number of rotatable bonds is 1. The molecule has 2 rings (SSSR count). The summed E-state index contributed by atoms with van der Waals surface area (Å²) in [6.07, 6.45) is 0.887. The lowest BCUT2D eigenvalue weighted by Gasteiger charge is -2.20. The number of fused-ring (bicyclic) bond motifs is 1. The van der Waals surface area contributed by atoms with E-state index in [1.807, 2.05) is 12.1 Å². The van der Waals surface area contributed by atoms with Crippen molar-refractivity contribution in [3.05, 3.63) is 22.2 Å². The highest BCUT2D eigenvalue weighted by atomic mass is 79.9. The van der Waals surface area contributed by atoms with E-state index in [0.717, 1.165) is 27.9 Å². The first-order valence-electron chi connectivity index (χ1n) is 4.45.